The molecule has 1 atom stereocenters. The Kier molecular flexibility index (Phi) is 11.5. The minimum atomic E-state index is 0.475. The molecule has 0 heterocycles. The first-order valence-electron chi connectivity index (χ1n) is 21.0. The summed E-state index contributed by atoms with van der Waals surface area (Å²) in [5.41, 5.74) is 24.7. The van der Waals surface area contributed by atoms with Gasteiger partial charge in [-0.2, -0.15) is 0 Å². The standard InChI is InChI=1S/C58H48N2/c59-57(47-34-32-45(33-35-47)43-20-7-2-8-21-43)40-58(60-41-42-18-5-1-6-19-42)50-27-17-26-49(38-50)52-29-14-15-30-53(52)55-37-36-48(44-22-9-3-10-23-44)39-56(55)54-31-16-13-28-51(54)46-24-11-4-12-25-46/h1,3-7,9-20,22-40,43H,2,8,21,41,59H2/b57-40-,60-58+. The summed E-state index contributed by atoms with van der Waals surface area (Å²) in [7, 11) is 0. The van der Waals surface area contributed by atoms with Gasteiger partial charge in [-0.15, -0.1) is 0 Å². The normalized spacial score (nSPS) is 14.2. The van der Waals surface area contributed by atoms with Crippen molar-refractivity contribution in [3.05, 3.63) is 247 Å². The molecule has 1 aliphatic carbocycles. The van der Waals surface area contributed by atoms with Gasteiger partial charge in [0.1, 0.15) is 0 Å². The van der Waals surface area contributed by atoms with E-state index in [1.807, 2.05) is 12.1 Å². The number of aliphatic imine (C=N–C) groups is 1. The highest BCUT2D eigenvalue weighted by molar-refractivity contribution is 6.12. The molecule has 9 rings (SSSR count). The van der Waals surface area contributed by atoms with Gasteiger partial charge in [0, 0.05) is 17.2 Å². The molecule has 2 nitrogen and oxygen atoms in total. The molecule has 0 amide bonds. The Balaban J connectivity index is 1.14. The summed E-state index contributed by atoms with van der Waals surface area (Å²) in [5, 5.41) is 0. The third-order valence-corrected chi connectivity index (χ3v) is 11.6. The second-order valence-corrected chi connectivity index (χ2v) is 15.5. The van der Waals surface area contributed by atoms with Crippen molar-refractivity contribution in [2.24, 2.45) is 10.7 Å². The van der Waals surface area contributed by atoms with E-state index >= 15 is 0 Å². The van der Waals surface area contributed by atoms with Crippen LogP contribution in [0.4, 0.5) is 0 Å². The van der Waals surface area contributed by atoms with Gasteiger partial charge in [0.25, 0.3) is 0 Å². The third-order valence-electron chi connectivity index (χ3n) is 11.6. The van der Waals surface area contributed by atoms with E-state index in [4.69, 9.17) is 10.7 Å². The smallest absolute Gasteiger partial charge is 0.0671 e. The Morgan fingerprint density at radius 2 is 1.07 bits per heavy atom. The Morgan fingerprint density at radius 1 is 0.483 bits per heavy atom. The molecule has 2 N–H and O–H groups in total. The van der Waals surface area contributed by atoms with Gasteiger partial charge in [-0.1, -0.05) is 206 Å². The highest BCUT2D eigenvalue weighted by Crippen LogP contribution is 2.43. The van der Waals surface area contributed by atoms with Crippen LogP contribution in [0.25, 0.3) is 61.3 Å². The Bertz CT molecular complexity index is 2800. The van der Waals surface area contributed by atoms with Gasteiger partial charge in [0.05, 0.1) is 12.3 Å². The monoisotopic (exact) mass is 772 g/mol. The van der Waals surface area contributed by atoms with Gasteiger partial charge in [-0.05, 0) is 110 Å². The van der Waals surface area contributed by atoms with Crippen molar-refractivity contribution in [2.45, 2.75) is 31.7 Å². The van der Waals surface area contributed by atoms with Gasteiger partial charge < -0.3 is 5.73 Å². The van der Waals surface area contributed by atoms with Gasteiger partial charge in [-0.25, -0.2) is 0 Å². The van der Waals surface area contributed by atoms with Crippen LogP contribution in [0.5, 0.6) is 0 Å². The fraction of sp³-hybridized carbons (Fsp3) is 0.0862. The van der Waals surface area contributed by atoms with Gasteiger partial charge in [0.15, 0.2) is 0 Å². The first-order valence-corrected chi connectivity index (χ1v) is 21.0. The summed E-state index contributed by atoms with van der Waals surface area (Å²) < 4.78 is 0. The zero-order chi connectivity index (χ0) is 40.5. The predicted molar refractivity (Wildman–Crippen MR) is 255 cm³/mol. The van der Waals surface area contributed by atoms with E-state index in [1.165, 1.54) is 63.8 Å². The number of hydrogen-bond donors (Lipinski definition) is 1. The summed E-state index contributed by atoms with van der Waals surface area (Å²) in [5.74, 6) is 0.475. The van der Waals surface area contributed by atoms with E-state index in [1.54, 1.807) is 0 Å². The topological polar surface area (TPSA) is 38.4 Å². The van der Waals surface area contributed by atoms with Crippen LogP contribution in [-0.2, 0) is 6.54 Å². The Morgan fingerprint density at radius 3 is 1.75 bits per heavy atom. The molecule has 0 saturated carbocycles. The maximum atomic E-state index is 6.93. The summed E-state index contributed by atoms with van der Waals surface area (Å²) >= 11 is 0. The van der Waals surface area contributed by atoms with Crippen molar-refractivity contribution in [1.29, 1.82) is 0 Å². The lowest BCUT2D eigenvalue weighted by atomic mass is 9.85. The van der Waals surface area contributed by atoms with Crippen LogP contribution in [0.3, 0.4) is 0 Å². The molecule has 0 radical (unpaired) electrons. The highest BCUT2D eigenvalue weighted by Gasteiger charge is 2.18. The van der Waals surface area contributed by atoms with E-state index in [-0.39, 0.29) is 0 Å². The lowest BCUT2D eigenvalue weighted by molar-refractivity contribution is 0.654. The minimum absolute atomic E-state index is 0.475. The van der Waals surface area contributed by atoms with Crippen LogP contribution in [0, 0.1) is 0 Å². The fourth-order valence-electron chi connectivity index (χ4n) is 8.44. The molecule has 1 unspecified atom stereocenters. The van der Waals surface area contributed by atoms with Crippen LogP contribution >= 0.6 is 0 Å². The first-order chi connectivity index (χ1) is 29.7. The molecular formula is C58H48N2. The van der Waals surface area contributed by atoms with Crippen molar-refractivity contribution in [1.82, 2.24) is 0 Å². The summed E-state index contributed by atoms with van der Waals surface area (Å²) in [6, 6.07) is 73.7. The largest absolute Gasteiger partial charge is 0.398 e. The average molecular weight is 773 g/mol. The van der Waals surface area contributed by atoms with Gasteiger partial charge in [0.2, 0.25) is 0 Å². The second kappa shape index (κ2) is 18.1. The van der Waals surface area contributed by atoms with E-state index in [9.17, 15) is 0 Å². The Labute approximate surface area is 354 Å². The van der Waals surface area contributed by atoms with Crippen LogP contribution in [0.15, 0.2) is 229 Å². The maximum absolute atomic E-state index is 6.93. The zero-order valence-corrected chi connectivity index (χ0v) is 33.8. The van der Waals surface area contributed by atoms with E-state index < -0.39 is 0 Å². The summed E-state index contributed by atoms with van der Waals surface area (Å²) in [6.07, 6.45) is 10.3. The van der Waals surface area contributed by atoms with Gasteiger partial charge >= 0.3 is 0 Å². The van der Waals surface area contributed by atoms with Crippen LogP contribution in [0.2, 0.25) is 0 Å². The minimum Gasteiger partial charge on any atom is -0.398 e. The number of nitrogens with zero attached hydrogens (tertiary/aromatic N) is 1. The van der Waals surface area contributed by atoms with Crippen molar-refractivity contribution in [3.8, 4) is 55.6 Å². The van der Waals surface area contributed by atoms with Crippen LogP contribution < -0.4 is 5.73 Å². The summed E-state index contributed by atoms with van der Waals surface area (Å²) in [4.78, 5) is 5.22. The van der Waals surface area contributed by atoms with E-state index in [0.29, 0.717) is 18.2 Å². The molecule has 0 spiro atoms. The van der Waals surface area contributed by atoms with Crippen LogP contribution in [-0.4, -0.2) is 5.71 Å². The maximum Gasteiger partial charge on any atom is 0.0671 e. The molecule has 0 aromatic heterocycles. The lowest BCUT2D eigenvalue weighted by Gasteiger charge is -2.19. The molecule has 0 fully saturated rings. The molecule has 8 aromatic rings. The number of nitrogens with two attached hydrogens (primary N) is 1. The Hall–Kier alpha value is -7.29. The number of hydrogen-bond acceptors (Lipinski definition) is 2. The van der Waals surface area contributed by atoms with Crippen molar-refractivity contribution in [2.75, 3.05) is 0 Å². The number of benzene rings is 8. The van der Waals surface area contributed by atoms with E-state index in [0.717, 1.165) is 39.1 Å². The van der Waals surface area contributed by atoms with Crippen molar-refractivity contribution in [3.63, 3.8) is 0 Å². The highest BCUT2D eigenvalue weighted by atomic mass is 14.7. The summed E-state index contributed by atoms with van der Waals surface area (Å²) in [6.45, 7) is 0.547. The molecule has 2 heteroatoms. The zero-order valence-electron chi connectivity index (χ0n) is 33.8. The average Bonchev–Trinajstić information content (AvgIpc) is 3.34. The number of allylic oxidation sites excluding steroid dienone is 3. The van der Waals surface area contributed by atoms with Crippen molar-refractivity contribution < 1.29 is 0 Å². The van der Waals surface area contributed by atoms with Crippen molar-refractivity contribution >= 4 is 11.4 Å². The molecule has 60 heavy (non-hydrogen) atoms. The fourth-order valence-corrected chi connectivity index (χ4v) is 8.44. The number of rotatable bonds is 11. The molecule has 290 valence electrons. The molecule has 0 saturated heterocycles. The van der Waals surface area contributed by atoms with Gasteiger partial charge in [-0.3, -0.25) is 4.99 Å². The second-order valence-electron chi connectivity index (χ2n) is 15.5. The lowest BCUT2D eigenvalue weighted by Crippen LogP contribution is -2.05. The quantitative estimate of drug-likeness (QED) is 0.103. The molecule has 0 bridgehead atoms. The molecule has 1 aliphatic rings. The third kappa shape index (κ3) is 8.60. The van der Waals surface area contributed by atoms with E-state index in [2.05, 4.69) is 212 Å². The molecular weight excluding hydrogens is 725 g/mol. The first kappa shape index (κ1) is 38.2. The molecule has 8 aromatic carbocycles. The van der Waals surface area contributed by atoms with Crippen LogP contribution in [0.1, 0.15) is 47.4 Å². The SMILES string of the molecule is N/C(=C\C(=N/Cc1ccccc1)c1cccc(-c2ccccc2-c2ccc(-c3ccccc3)cc2-c2ccccc2-c2ccccc2)c1)c1ccc(C2C=CCCC2)cc1. The molecule has 0 aliphatic heterocycles. The predicted octanol–water partition coefficient (Wildman–Crippen LogP) is 14.8.